The van der Waals surface area contributed by atoms with Crippen LogP contribution >= 0.6 is 12.4 Å². The fourth-order valence-corrected chi connectivity index (χ4v) is 2.79. The molecule has 0 radical (unpaired) electrons. The lowest BCUT2D eigenvalue weighted by atomic mass is 10.1. The molecule has 1 atom stereocenters. The molecule has 3 N–H and O–H groups in total. The van der Waals surface area contributed by atoms with Gasteiger partial charge in [0.25, 0.3) is 5.91 Å². The van der Waals surface area contributed by atoms with Crippen LogP contribution in [0.4, 0.5) is 4.39 Å². The normalized spacial score (nSPS) is 14.8. The Balaban J connectivity index is 0.00000208. The van der Waals surface area contributed by atoms with Crippen LogP contribution in [0.15, 0.2) is 24.3 Å². The van der Waals surface area contributed by atoms with Gasteiger partial charge in [-0.25, -0.2) is 9.07 Å². The Morgan fingerprint density at radius 3 is 2.58 bits per heavy atom. The molecular formula is C17H22ClFN4O. The fourth-order valence-electron chi connectivity index (χ4n) is 2.79. The summed E-state index contributed by atoms with van der Waals surface area (Å²) in [5.74, 6) is 0.0752. The van der Waals surface area contributed by atoms with E-state index in [0.29, 0.717) is 23.7 Å². The van der Waals surface area contributed by atoms with Crippen LogP contribution in [0.25, 0.3) is 5.69 Å². The van der Waals surface area contributed by atoms with Crippen LogP contribution in [-0.2, 0) is 0 Å². The number of rotatable bonds is 5. The lowest BCUT2D eigenvalue weighted by Gasteiger charge is -2.12. The average Bonchev–Trinajstić information content (AvgIpc) is 3.32. The summed E-state index contributed by atoms with van der Waals surface area (Å²) in [7, 11) is 0. The molecule has 1 aliphatic rings. The number of nitrogens with one attached hydrogen (secondary N) is 1. The molecule has 0 aliphatic heterocycles. The second-order valence-electron chi connectivity index (χ2n) is 6.15. The Kier molecular flexibility index (Phi) is 5.62. The van der Waals surface area contributed by atoms with Crippen molar-refractivity contribution >= 4 is 18.3 Å². The molecule has 7 heteroatoms. The van der Waals surface area contributed by atoms with Gasteiger partial charge in [-0.1, -0.05) is 0 Å². The Bertz CT molecular complexity index is 725. The summed E-state index contributed by atoms with van der Waals surface area (Å²) >= 11 is 0. The van der Waals surface area contributed by atoms with Crippen molar-refractivity contribution in [3.05, 3.63) is 47.0 Å². The van der Waals surface area contributed by atoms with Crippen LogP contribution in [0.5, 0.6) is 0 Å². The topological polar surface area (TPSA) is 72.9 Å². The third-order valence-electron chi connectivity index (χ3n) is 4.32. The van der Waals surface area contributed by atoms with Crippen molar-refractivity contribution in [2.45, 2.75) is 32.7 Å². The van der Waals surface area contributed by atoms with Gasteiger partial charge < -0.3 is 11.1 Å². The lowest BCUT2D eigenvalue weighted by Crippen LogP contribution is -2.38. The van der Waals surface area contributed by atoms with Gasteiger partial charge in [-0.2, -0.15) is 5.10 Å². The van der Waals surface area contributed by atoms with E-state index in [-0.39, 0.29) is 30.2 Å². The molecule has 1 fully saturated rings. The molecule has 130 valence electrons. The highest BCUT2D eigenvalue weighted by Crippen LogP contribution is 2.31. The molecule has 5 nitrogen and oxygen atoms in total. The van der Waals surface area contributed by atoms with Crippen LogP contribution in [0.1, 0.15) is 34.6 Å². The van der Waals surface area contributed by atoms with E-state index in [1.807, 2.05) is 6.92 Å². The molecule has 1 aromatic carbocycles. The van der Waals surface area contributed by atoms with Gasteiger partial charge in [0.15, 0.2) is 0 Å². The molecule has 1 aliphatic carbocycles. The number of benzene rings is 1. The van der Waals surface area contributed by atoms with Gasteiger partial charge in [-0.3, -0.25) is 4.79 Å². The number of hydrogen-bond donors (Lipinski definition) is 2. The number of aryl methyl sites for hydroxylation is 1. The third-order valence-corrected chi connectivity index (χ3v) is 4.32. The van der Waals surface area contributed by atoms with Crippen molar-refractivity contribution in [2.75, 3.05) is 6.54 Å². The van der Waals surface area contributed by atoms with Crippen LogP contribution in [0.2, 0.25) is 0 Å². The Hall–Kier alpha value is -1.92. The summed E-state index contributed by atoms with van der Waals surface area (Å²) in [5, 5.41) is 7.31. The standard InChI is InChI=1S/C17H21FN4O.ClH/c1-10-16(17(23)20-9-15(19)12-3-4-12)11(2)22(21-10)14-7-5-13(18)6-8-14;/h5-8,12,15H,3-4,9,19H2,1-2H3,(H,20,23);1H. The first-order valence-electron chi connectivity index (χ1n) is 7.83. The van der Waals surface area contributed by atoms with Crippen LogP contribution in [0, 0.1) is 25.6 Å². The maximum absolute atomic E-state index is 13.1. The Labute approximate surface area is 146 Å². The van der Waals surface area contributed by atoms with Crippen molar-refractivity contribution in [1.82, 2.24) is 15.1 Å². The molecule has 1 aromatic heterocycles. The molecule has 1 saturated carbocycles. The molecule has 2 aromatic rings. The van der Waals surface area contributed by atoms with E-state index in [9.17, 15) is 9.18 Å². The molecule has 24 heavy (non-hydrogen) atoms. The number of hydrogen-bond acceptors (Lipinski definition) is 3. The smallest absolute Gasteiger partial charge is 0.255 e. The van der Waals surface area contributed by atoms with Crippen molar-refractivity contribution in [2.24, 2.45) is 11.7 Å². The van der Waals surface area contributed by atoms with Gasteiger partial charge in [-0.15, -0.1) is 12.4 Å². The lowest BCUT2D eigenvalue weighted by molar-refractivity contribution is 0.0949. The first-order chi connectivity index (χ1) is 11.0. The quantitative estimate of drug-likeness (QED) is 0.868. The maximum Gasteiger partial charge on any atom is 0.255 e. The minimum absolute atomic E-state index is 0. The summed E-state index contributed by atoms with van der Waals surface area (Å²) in [6.45, 7) is 4.10. The molecule has 1 unspecified atom stereocenters. The van der Waals surface area contributed by atoms with Gasteiger partial charge in [0.1, 0.15) is 5.82 Å². The average molecular weight is 353 g/mol. The summed E-state index contributed by atoms with van der Waals surface area (Å²) in [6.07, 6.45) is 2.30. The number of nitrogens with zero attached hydrogens (tertiary/aromatic N) is 2. The van der Waals surface area contributed by atoms with E-state index in [1.165, 1.54) is 12.1 Å². The minimum atomic E-state index is -0.303. The van der Waals surface area contributed by atoms with Crippen molar-refractivity contribution < 1.29 is 9.18 Å². The number of carbonyl (C=O) groups is 1. The Morgan fingerprint density at radius 2 is 2.00 bits per heavy atom. The van der Waals surface area contributed by atoms with Gasteiger partial charge in [0, 0.05) is 12.6 Å². The second-order valence-corrected chi connectivity index (χ2v) is 6.15. The highest BCUT2D eigenvalue weighted by molar-refractivity contribution is 5.96. The zero-order valence-electron chi connectivity index (χ0n) is 13.8. The monoisotopic (exact) mass is 352 g/mol. The Morgan fingerprint density at radius 1 is 1.38 bits per heavy atom. The van der Waals surface area contributed by atoms with Crippen molar-refractivity contribution in [1.29, 1.82) is 0 Å². The van der Waals surface area contributed by atoms with E-state index < -0.39 is 0 Å². The van der Waals surface area contributed by atoms with Crippen LogP contribution in [0.3, 0.4) is 0 Å². The summed E-state index contributed by atoms with van der Waals surface area (Å²) in [5.41, 5.74) is 8.67. The van der Waals surface area contributed by atoms with E-state index >= 15 is 0 Å². The van der Waals surface area contributed by atoms with E-state index in [0.717, 1.165) is 24.2 Å². The zero-order valence-corrected chi connectivity index (χ0v) is 14.6. The van der Waals surface area contributed by atoms with Crippen molar-refractivity contribution in [3.8, 4) is 5.69 Å². The molecule has 1 amide bonds. The van der Waals surface area contributed by atoms with Crippen molar-refractivity contribution in [3.63, 3.8) is 0 Å². The number of aromatic nitrogens is 2. The number of carbonyl (C=O) groups excluding carboxylic acids is 1. The number of amides is 1. The summed E-state index contributed by atoms with van der Waals surface area (Å²) in [6, 6.07) is 6.05. The highest BCUT2D eigenvalue weighted by Gasteiger charge is 2.29. The van der Waals surface area contributed by atoms with Gasteiger partial charge >= 0.3 is 0 Å². The van der Waals surface area contributed by atoms with E-state index in [2.05, 4.69) is 10.4 Å². The third kappa shape index (κ3) is 3.76. The second kappa shape index (κ2) is 7.32. The number of nitrogens with two attached hydrogens (primary N) is 1. The van der Waals surface area contributed by atoms with Gasteiger partial charge in [0.05, 0.1) is 22.6 Å². The minimum Gasteiger partial charge on any atom is -0.350 e. The molecule has 0 spiro atoms. The molecule has 1 heterocycles. The molecular weight excluding hydrogens is 331 g/mol. The largest absolute Gasteiger partial charge is 0.350 e. The molecule has 0 bridgehead atoms. The van der Waals surface area contributed by atoms with Crippen LogP contribution < -0.4 is 11.1 Å². The predicted octanol–water partition coefficient (Wildman–Crippen LogP) is 2.52. The predicted molar refractivity (Wildman–Crippen MR) is 93.3 cm³/mol. The van der Waals surface area contributed by atoms with Gasteiger partial charge in [-0.05, 0) is 56.9 Å². The van der Waals surface area contributed by atoms with E-state index in [1.54, 1.807) is 23.7 Å². The van der Waals surface area contributed by atoms with Gasteiger partial charge in [0.2, 0.25) is 0 Å². The van der Waals surface area contributed by atoms with E-state index in [4.69, 9.17) is 5.73 Å². The van der Waals surface area contributed by atoms with Crippen LogP contribution in [-0.4, -0.2) is 28.3 Å². The maximum atomic E-state index is 13.1. The summed E-state index contributed by atoms with van der Waals surface area (Å²) < 4.78 is 14.7. The SMILES string of the molecule is Cc1nn(-c2ccc(F)cc2)c(C)c1C(=O)NCC(N)C1CC1.Cl. The first-order valence-corrected chi connectivity index (χ1v) is 7.83. The highest BCUT2D eigenvalue weighted by atomic mass is 35.5. The molecule has 0 saturated heterocycles. The molecule has 3 rings (SSSR count). The fraction of sp³-hybridized carbons (Fsp3) is 0.412. The first kappa shape index (κ1) is 18.4. The summed E-state index contributed by atoms with van der Waals surface area (Å²) in [4.78, 5) is 12.5. The zero-order chi connectivity index (χ0) is 16.6. The number of halogens is 2.